The second kappa shape index (κ2) is 10.3. The number of carbonyl (C=O) groups excluding carboxylic acids is 2. The smallest absolute Gasteiger partial charge is 0.173 e. The van der Waals surface area contributed by atoms with Crippen molar-refractivity contribution in [2.45, 2.75) is 79.4 Å². The van der Waals surface area contributed by atoms with E-state index in [-0.39, 0.29) is 56.6 Å². The summed E-state index contributed by atoms with van der Waals surface area (Å²) in [5.41, 5.74) is -0.319. The third-order valence-electron chi connectivity index (χ3n) is 7.97. The molecule has 8 heteroatoms. The zero-order valence-electron chi connectivity index (χ0n) is 24.1. The standard InChI is InChI=1S/C32H38O8/c1-9-15(5)24(34)22-27(37)18(13-19(33)14(3)4)26(36)20-21-28(38)23(25(35)16(6)10-2)30-17(29(21)39-31(20)22)11-12-32(7,8)40-30/h11-12,15-16,19,33,36-38H,3,9-10,13H2,1-2,4-8H3/t15-,16-,19?/m0/s1. The number of phenolic OH excluding ortho intramolecular Hbond substituents is 3. The van der Waals surface area contributed by atoms with Gasteiger partial charge in [-0.15, -0.1) is 0 Å². The molecule has 3 atom stereocenters. The highest BCUT2D eigenvalue weighted by Gasteiger charge is 2.37. The Labute approximate surface area is 233 Å². The molecule has 0 aliphatic carbocycles. The van der Waals surface area contributed by atoms with Crippen LogP contribution in [0.3, 0.4) is 0 Å². The maximum atomic E-state index is 13.6. The van der Waals surface area contributed by atoms with Crippen molar-refractivity contribution in [1.82, 2.24) is 0 Å². The van der Waals surface area contributed by atoms with E-state index in [1.807, 2.05) is 27.7 Å². The lowest BCUT2D eigenvalue weighted by Crippen LogP contribution is -2.29. The Morgan fingerprint density at radius 3 is 2.02 bits per heavy atom. The lowest BCUT2D eigenvalue weighted by molar-refractivity contribution is 0.0907. The molecule has 0 spiro atoms. The van der Waals surface area contributed by atoms with Crippen molar-refractivity contribution in [1.29, 1.82) is 0 Å². The number of aromatic hydroxyl groups is 3. The number of aliphatic hydroxyl groups excluding tert-OH is 1. The molecule has 1 aromatic heterocycles. The summed E-state index contributed by atoms with van der Waals surface area (Å²) in [5.74, 6) is -2.98. The van der Waals surface area contributed by atoms with Crippen LogP contribution in [0.25, 0.3) is 28.0 Å². The molecule has 4 rings (SSSR count). The summed E-state index contributed by atoms with van der Waals surface area (Å²) in [6.45, 7) is 16.1. The number of fused-ring (bicyclic) bond motifs is 5. The average molecular weight is 551 g/mol. The van der Waals surface area contributed by atoms with Crippen LogP contribution in [0.15, 0.2) is 22.6 Å². The van der Waals surface area contributed by atoms with E-state index < -0.39 is 46.6 Å². The molecule has 0 amide bonds. The topological polar surface area (TPSA) is 137 Å². The molecular weight excluding hydrogens is 512 g/mol. The number of ketones is 2. The summed E-state index contributed by atoms with van der Waals surface area (Å²) in [6, 6.07) is 0. The third kappa shape index (κ3) is 4.54. The summed E-state index contributed by atoms with van der Waals surface area (Å²) in [6.07, 6.45) is 3.15. The summed E-state index contributed by atoms with van der Waals surface area (Å²) < 4.78 is 12.4. The molecular formula is C32H38O8. The second-order valence-corrected chi connectivity index (χ2v) is 11.5. The van der Waals surface area contributed by atoms with Crippen molar-refractivity contribution in [2.75, 3.05) is 0 Å². The van der Waals surface area contributed by atoms with Gasteiger partial charge in [-0.1, -0.05) is 39.8 Å². The normalized spacial score (nSPS) is 16.4. The molecule has 3 aromatic rings. The van der Waals surface area contributed by atoms with Gasteiger partial charge in [0.2, 0.25) is 0 Å². The Bertz CT molecular complexity index is 1590. The number of hydrogen-bond acceptors (Lipinski definition) is 8. The van der Waals surface area contributed by atoms with E-state index >= 15 is 0 Å². The molecule has 214 valence electrons. The van der Waals surface area contributed by atoms with Gasteiger partial charge in [-0.3, -0.25) is 9.59 Å². The Kier molecular flexibility index (Phi) is 7.54. The first-order valence-corrected chi connectivity index (χ1v) is 13.7. The van der Waals surface area contributed by atoms with Crippen molar-refractivity contribution >= 4 is 39.6 Å². The Morgan fingerprint density at radius 1 is 0.925 bits per heavy atom. The molecule has 4 N–H and O–H groups in total. The molecule has 2 aromatic carbocycles. The monoisotopic (exact) mass is 550 g/mol. The zero-order chi connectivity index (χ0) is 29.8. The molecule has 0 saturated carbocycles. The molecule has 0 radical (unpaired) electrons. The number of carbonyl (C=O) groups is 2. The molecule has 1 aliphatic rings. The highest BCUT2D eigenvalue weighted by molar-refractivity contribution is 6.23. The Hall–Kier alpha value is -3.78. The molecule has 0 bridgehead atoms. The van der Waals surface area contributed by atoms with Crippen LogP contribution in [0, 0.1) is 11.8 Å². The molecule has 0 fully saturated rings. The van der Waals surface area contributed by atoms with Crippen LogP contribution in [0.2, 0.25) is 0 Å². The van der Waals surface area contributed by atoms with Gasteiger partial charge in [-0.25, -0.2) is 0 Å². The average Bonchev–Trinajstić information content (AvgIpc) is 3.29. The lowest BCUT2D eigenvalue weighted by Gasteiger charge is -2.30. The van der Waals surface area contributed by atoms with Gasteiger partial charge in [-0.05, 0) is 45.8 Å². The number of hydrogen-bond donors (Lipinski definition) is 4. The number of furan rings is 1. The molecule has 2 heterocycles. The van der Waals surface area contributed by atoms with Crippen LogP contribution >= 0.6 is 0 Å². The van der Waals surface area contributed by atoms with Crippen LogP contribution in [-0.4, -0.2) is 43.7 Å². The predicted octanol–water partition coefficient (Wildman–Crippen LogP) is 6.82. The summed E-state index contributed by atoms with van der Waals surface area (Å²) in [5, 5.41) is 45.1. The van der Waals surface area contributed by atoms with Crippen LogP contribution in [0.4, 0.5) is 0 Å². The first-order valence-electron chi connectivity index (χ1n) is 13.7. The summed E-state index contributed by atoms with van der Waals surface area (Å²) >= 11 is 0. The van der Waals surface area contributed by atoms with Gasteiger partial charge in [0.25, 0.3) is 0 Å². The third-order valence-corrected chi connectivity index (χ3v) is 7.97. The molecule has 40 heavy (non-hydrogen) atoms. The van der Waals surface area contributed by atoms with E-state index in [9.17, 15) is 30.0 Å². The number of benzene rings is 2. The second-order valence-electron chi connectivity index (χ2n) is 11.5. The number of aliphatic hydroxyl groups is 1. The first-order chi connectivity index (χ1) is 18.7. The largest absolute Gasteiger partial charge is 0.507 e. The van der Waals surface area contributed by atoms with Crippen molar-refractivity contribution in [2.24, 2.45) is 11.8 Å². The minimum atomic E-state index is -1.12. The first kappa shape index (κ1) is 29.2. The van der Waals surface area contributed by atoms with Gasteiger partial charge in [0.05, 0.1) is 22.4 Å². The van der Waals surface area contributed by atoms with Crippen LogP contribution in [-0.2, 0) is 6.42 Å². The van der Waals surface area contributed by atoms with Crippen LogP contribution in [0.1, 0.15) is 93.2 Å². The minimum Gasteiger partial charge on any atom is -0.507 e. The predicted molar refractivity (Wildman–Crippen MR) is 155 cm³/mol. The number of rotatable bonds is 9. The van der Waals surface area contributed by atoms with E-state index in [2.05, 4.69) is 6.58 Å². The van der Waals surface area contributed by atoms with Gasteiger partial charge < -0.3 is 29.6 Å². The van der Waals surface area contributed by atoms with E-state index in [1.54, 1.807) is 32.9 Å². The van der Waals surface area contributed by atoms with E-state index in [1.165, 1.54) is 0 Å². The molecule has 8 nitrogen and oxygen atoms in total. The molecule has 1 unspecified atom stereocenters. The van der Waals surface area contributed by atoms with E-state index in [4.69, 9.17) is 9.15 Å². The van der Waals surface area contributed by atoms with Gasteiger partial charge in [0, 0.05) is 23.8 Å². The Balaban J connectivity index is 2.25. The fraction of sp³-hybridized carbons (Fsp3) is 0.438. The fourth-order valence-corrected chi connectivity index (χ4v) is 4.96. The zero-order valence-corrected chi connectivity index (χ0v) is 24.1. The maximum Gasteiger partial charge on any atom is 0.173 e. The van der Waals surface area contributed by atoms with Gasteiger partial charge in [-0.2, -0.15) is 0 Å². The van der Waals surface area contributed by atoms with Crippen molar-refractivity contribution in [3.8, 4) is 23.0 Å². The van der Waals surface area contributed by atoms with Crippen LogP contribution in [0.5, 0.6) is 23.0 Å². The maximum absolute atomic E-state index is 13.6. The van der Waals surface area contributed by atoms with Crippen LogP contribution < -0.4 is 4.74 Å². The Morgan fingerprint density at radius 2 is 1.48 bits per heavy atom. The van der Waals surface area contributed by atoms with E-state index in [0.29, 0.717) is 24.0 Å². The number of Topliss-reactive ketones (excluding diaryl/α,β-unsaturated/α-hetero) is 2. The highest BCUT2D eigenvalue weighted by Crippen LogP contribution is 2.53. The van der Waals surface area contributed by atoms with Gasteiger partial charge in [0.15, 0.2) is 17.1 Å². The molecule has 0 saturated heterocycles. The summed E-state index contributed by atoms with van der Waals surface area (Å²) in [4.78, 5) is 27.2. The minimum absolute atomic E-state index is 0.0233. The van der Waals surface area contributed by atoms with Crippen molar-refractivity contribution in [3.05, 3.63) is 40.5 Å². The van der Waals surface area contributed by atoms with Crippen molar-refractivity contribution < 1.29 is 39.2 Å². The fourth-order valence-electron chi connectivity index (χ4n) is 4.96. The summed E-state index contributed by atoms with van der Waals surface area (Å²) in [7, 11) is 0. The molecule has 1 aliphatic heterocycles. The number of ether oxygens (including phenoxy) is 1. The number of phenols is 3. The van der Waals surface area contributed by atoms with Gasteiger partial charge in [0.1, 0.15) is 45.3 Å². The van der Waals surface area contributed by atoms with Crippen molar-refractivity contribution in [3.63, 3.8) is 0 Å². The SMILES string of the molecule is C=C(C)C(O)Cc1c(O)c(C(=O)[C@@H](C)CC)c2oc3c4c(c(C(=O)[C@@H](C)CC)c(O)c3c2c1O)OC(C)(C)C=C4. The quantitative estimate of drug-likeness (QED) is 0.168. The highest BCUT2D eigenvalue weighted by atomic mass is 16.5. The van der Waals surface area contributed by atoms with Gasteiger partial charge >= 0.3 is 0 Å². The lowest BCUT2D eigenvalue weighted by atomic mass is 9.88. The van der Waals surface area contributed by atoms with E-state index in [0.717, 1.165) is 0 Å².